The molecule has 3 rings (SSSR count). The summed E-state index contributed by atoms with van der Waals surface area (Å²) >= 11 is 1.16. The van der Waals surface area contributed by atoms with Crippen molar-refractivity contribution in [2.75, 3.05) is 10.6 Å². The summed E-state index contributed by atoms with van der Waals surface area (Å²) in [6.07, 6.45) is 0.0426. The molecule has 10 heteroatoms. The number of nitrogens with zero attached hydrogens (tertiary/aromatic N) is 1. The van der Waals surface area contributed by atoms with Crippen LogP contribution >= 0.6 is 11.5 Å². The number of primary amides is 2. The van der Waals surface area contributed by atoms with E-state index < -0.39 is 29.5 Å². The molecular formula is C20H19F2N5O2S. The Balaban J connectivity index is 1.91. The highest BCUT2D eigenvalue weighted by molar-refractivity contribution is 7.10. The highest BCUT2D eigenvalue weighted by Crippen LogP contribution is 2.30. The van der Waals surface area contributed by atoms with Gasteiger partial charge in [-0.15, -0.1) is 0 Å². The summed E-state index contributed by atoms with van der Waals surface area (Å²) in [6, 6.07) is 8.71. The standard InChI is InChI=1S/C20H19F2N5O2S/c1-10-5-18(30-27-10)26-15-9-16(14(22)8-13(15)19(23)28)25-17(20(24)29)7-11-3-2-4-12(21)6-11/h2-6,8-9,17,25-26H,7H2,1H3,(H2,23,28)(H2,24,29). The van der Waals surface area contributed by atoms with Crippen LogP contribution in [-0.2, 0) is 11.2 Å². The number of rotatable bonds is 8. The zero-order chi connectivity index (χ0) is 21.8. The number of hydrogen-bond acceptors (Lipinski definition) is 6. The topological polar surface area (TPSA) is 123 Å². The fourth-order valence-corrected chi connectivity index (χ4v) is 3.53. The Morgan fingerprint density at radius 1 is 1.13 bits per heavy atom. The van der Waals surface area contributed by atoms with Gasteiger partial charge in [-0.25, -0.2) is 8.78 Å². The molecule has 1 unspecified atom stereocenters. The summed E-state index contributed by atoms with van der Waals surface area (Å²) in [4.78, 5) is 23.7. The van der Waals surface area contributed by atoms with Crippen molar-refractivity contribution in [3.05, 3.63) is 70.9 Å². The van der Waals surface area contributed by atoms with Gasteiger partial charge in [-0.3, -0.25) is 9.59 Å². The van der Waals surface area contributed by atoms with Crippen LogP contribution < -0.4 is 22.1 Å². The second-order valence-corrected chi connectivity index (χ2v) is 7.44. The van der Waals surface area contributed by atoms with Gasteiger partial charge >= 0.3 is 0 Å². The van der Waals surface area contributed by atoms with E-state index in [0.717, 1.165) is 23.3 Å². The van der Waals surface area contributed by atoms with Crippen molar-refractivity contribution in [2.24, 2.45) is 11.5 Å². The third kappa shape index (κ3) is 5.09. The molecule has 0 fully saturated rings. The van der Waals surface area contributed by atoms with E-state index in [0.29, 0.717) is 10.6 Å². The molecule has 0 aliphatic rings. The first kappa shape index (κ1) is 21.2. The van der Waals surface area contributed by atoms with Gasteiger partial charge in [-0.1, -0.05) is 12.1 Å². The second-order valence-electron chi connectivity index (χ2n) is 6.63. The zero-order valence-electron chi connectivity index (χ0n) is 15.9. The van der Waals surface area contributed by atoms with Crippen molar-refractivity contribution in [3.8, 4) is 0 Å². The summed E-state index contributed by atoms with van der Waals surface area (Å²) in [7, 11) is 0. The molecule has 2 aromatic carbocycles. The summed E-state index contributed by atoms with van der Waals surface area (Å²) in [5.74, 6) is -2.82. The van der Waals surface area contributed by atoms with E-state index in [1.165, 1.54) is 24.3 Å². The van der Waals surface area contributed by atoms with Gasteiger partial charge in [0.05, 0.1) is 22.6 Å². The monoisotopic (exact) mass is 431 g/mol. The quantitative estimate of drug-likeness (QED) is 0.436. The minimum absolute atomic E-state index is 0.0426. The van der Waals surface area contributed by atoms with Crippen LogP contribution in [0.4, 0.5) is 25.2 Å². The molecule has 6 N–H and O–H groups in total. The van der Waals surface area contributed by atoms with Crippen molar-refractivity contribution < 1.29 is 18.4 Å². The Morgan fingerprint density at radius 2 is 1.90 bits per heavy atom. The lowest BCUT2D eigenvalue weighted by molar-refractivity contribution is -0.118. The van der Waals surface area contributed by atoms with E-state index >= 15 is 0 Å². The van der Waals surface area contributed by atoms with E-state index in [1.54, 1.807) is 19.1 Å². The molecule has 0 aliphatic carbocycles. The predicted molar refractivity (Wildman–Crippen MR) is 112 cm³/mol. The van der Waals surface area contributed by atoms with E-state index in [-0.39, 0.29) is 23.4 Å². The molecule has 3 aromatic rings. The first-order chi connectivity index (χ1) is 14.2. The maximum atomic E-state index is 14.6. The molecule has 2 amide bonds. The van der Waals surface area contributed by atoms with Crippen LogP contribution in [0.3, 0.4) is 0 Å². The molecule has 1 atom stereocenters. The first-order valence-corrected chi connectivity index (χ1v) is 9.64. The SMILES string of the molecule is Cc1cc(Nc2cc(NC(Cc3cccc(F)c3)C(N)=O)c(F)cc2C(N)=O)sn1. The number of hydrogen-bond donors (Lipinski definition) is 4. The average molecular weight is 431 g/mol. The van der Waals surface area contributed by atoms with Crippen LogP contribution in [0.15, 0.2) is 42.5 Å². The van der Waals surface area contributed by atoms with Gasteiger partial charge in [-0.05, 0) is 54.4 Å². The summed E-state index contributed by atoms with van der Waals surface area (Å²) in [6.45, 7) is 1.80. The first-order valence-electron chi connectivity index (χ1n) is 8.87. The fraction of sp³-hybridized carbons (Fsp3) is 0.150. The maximum absolute atomic E-state index is 14.6. The molecule has 0 radical (unpaired) electrons. The Hall–Kier alpha value is -3.53. The molecule has 7 nitrogen and oxygen atoms in total. The number of halogens is 2. The Bertz CT molecular complexity index is 1100. The molecule has 1 aromatic heterocycles. The predicted octanol–water partition coefficient (Wildman–Crippen LogP) is 3.08. The molecule has 0 saturated heterocycles. The fourth-order valence-electron chi connectivity index (χ4n) is 2.86. The van der Waals surface area contributed by atoms with Crippen LogP contribution in [0.5, 0.6) is 0 Å². The lowest BCUT2D eigenvalue weighted by Gasteiger charge is -2.19. The van der Waals surface area contributed by atoms with Crippen molar-refractivity contribution in [1.82, 2.24) is 4.37 Å². The molecule has 0 aliphatic heterocycles. The number of benzene rings is 2. The second kappa shape index (κ2) is 8.87. The smallest absolute Gasteiger partial charge is 0.250 e. The van der Waals surface area contributed by atoms with Gasteiger partial charge < -0.3 is 22.1 Å². The number of carbonyl (C=O) groups is 2. The normalized spacial score (nSPS) is 11.7. The van der Waals surface area contributed by atoms with Gasteiger partial charge in [0.15, 0.2) is 0 Å². The number of nitrogens with two attached hydrogens (primary N) is 2. The van der Waals surface area contributed by atoms with Crippen LogP contribution in [0.25, 0.3) is 0 Å². The Labute approximate surface area is 175 Å². The third-order valence-corrected chi connectivity index (χ3v) is 5.06. The van der Waals surface area contributed by atoms with Crippen molar-refractivity contribution in [1.29, 1.82) is 0 Å². The van der Waals surface area contributed by atoms with E-state index in [4.69, 9.17) is 11.5 Å². The molecule has 0 spiro atoms. The van der Waals surface area contributed by atoms with Crippen LogP contribution in [0, 0.1) is 18.6 Å². The van der Waals surface area contributed by atoms with E-state index in [2.05, 4.69) is 15.0 Å². The summed E-state index contributed by atoms with van der Waals surface area (Å²) in [5, 5.41) is 6.34. The zero-order valence-corrected chi connectivity index (χ0v) is 16.7. The lowest BCUT2D eigenvalue weighted by atomic mass is 10.0. The van der Waals surface area contributed by atoms with Crippen LogP contribution in [0.2, 0.25) is 0 Å². The maximum Gasteiger partial charge on any atom is 0.250 e. The number of aromatic nitrogens is 1. The summed E-state index contributed by atoms with van der Waals surface area (Å²) in [5.41, 5.74) is 12.2. The average Bonchev–Trinajstić information content (AvgIpc) is 3.08. The largest absolute Gasteiger partial charge is 0.371 e. The van der Waals surface area contributed by atoms with E-state index in [9.17, 15) is 18.4 Å². The van der Waals surface area contributed by atoms with Gasteiger partial charge in [0.25, 0.3) is 5.91 Å². The summed E-state index contributed by atoms with van der Waals surface area (Å²) < 4.78 is 32.2. The minimum atomic E-state index is -1.01. The molecule has 0 bridgehead atoms. The van der Waals surface area contributed by atoms with Crippen LogP contribution in [0.1, 0.15) is 21.6 Å². The van der Waals surface area contributed by atoms with Crippen molar-refractivity contribution in [3.63, 3.8) is 0 Å². The number of aryl methyl sites for hydroxylation is 1. The number of carbonyl (C=O) groups excluding carboxylic acids is 2. The molecule has 1 heterocycles. The molecule has 0 saturated carbocycles. The molecule has 30 heavy (non-hydrogen) atoms. The van der Waals surface area contributed by atoms with Gasteiger partial charge in [0, 0.05) is 6.42 Å². The Kier molecular flexibility index (Phi) is 6.26. The highest BCUT2D eigenvalue weighted by atomic mass is 32.1. The minimum Gasteiger partial charge on any atom is -0.371 e. The molecule has 156 valence electrons. The number of anilines is 3. The van der Waals surface area contributed by atoms with Crippen LogP contribution in [-0.4, -0.2) is 22.2 Å². The van der Waals surface area contributed by atoms with Crippen molar-refractivity contribution in [2.45, 2.75) is 19.4 Å². The van der Waals surface area contributed by atoms with Gasteiger partial charge in [0.2, 0.25) is 5.91 Å². The third-order valence-electron chi connectivity index (χ3n) is 4.26. The number of amides is 2. The van der Waals surface area contributed by atoms with E-state index in [1.807, 2.05) is 0 Å². The molecular weight excluding hydrogens is 412 g/mol. The Morgan fingerprint density at radius 3 is 2.50 bits per heavy atom. The van der Waals surface area contributed by atoms with Gasteiger partial charge in [0.1, 0.15) is 22.7 Å². The lowest BCUT2D eigenvalue weighted by Crippen LogP contribution is -2.37. The number of nitrogens with one attached hydrogen (secondary N) is 2. The van der Waals surface area contributed by atoms with Crippen molar-refractivity contribution >= 4 is 39.7 Å². The highest BCUT2D eigenvalue weighted by Gasteiger charge is 2.21. The van der Waals surface area contributed by atoms with Gasteiger partial charge in [-0.2, -0.15) is 4.37 Å².